The van der Waals surface area contributed by atoms with Crippen LogP contribution in [0.15, 0.2) is 24.3 Å². The Bertz CT molecular complexity index is 391. The van der Waals surface area contributed by atoms with Crippen molar-refractivity contribution >= 4 is 5.91 Å². The maximum Gasteiger partial charge on any atom is 0.254 e. The molecular formula is C14H20N2O. The van der Waals surface area contributed by atoms with Crippen LogP contribution >= 0.6 is 0 Å². The van der Waals surface area contributed by atoms with Gasteiger partial charge in [0.2, 0.25) is 0 Å². The average Bonchev–Trinajstić information content (AvgIpc) is 3.13. The predicted octanol–water partition coefficient (Wildman–Crippen LogP) is 2.16. The number of carbonyl (C=O) groups excluding carboxylic acids is 1. The van der Waals surface area contributed by atoms with Crippen LogP contribution < -0.4 is 5.73 Å². The van der Waals surface area contributed by atoms with Gasteiger partial charge in [-0.1, -0.05) is 12.1 Å². The molecule has 1 aliphatic rings. The van der Waals surface area contributed by atoms with Gasteiger partial charge in [0.05, 0.1) is 0 Å². The summed E-state index contributed by atoms with van der Waals surface area (Å²) in [5, 5.41) is 0. The Hall–Kier alpha value is -1.35. The van der Waals surface area contributed by atoms with Gasteiger partial charge in [0, 0.05) is 24.2 Å². The van der Waals surface area contributed by atoms with Crippen LogP contribution in [0.5, 0.6) is 0 Å². The van der Waals surface area contributed by atoms with Crippen LogP contribution in [0.1, 0.15) is 42.6 Å². The Morgan fingerprint density at radius 1 is 1.35 bits per heavy atom. The summed E-state index contributed by atoms with van der Waals surface area (Å²) < 4.78 is 0. The van der Waals surface area contributed by atoms with E-state index in [9.17, 15) is 4.79 Å². The van der Waals surface area contributed by atoms with Crippen molar-refractivity contribution < 1.29 is 4.79 Å². The Balaban J connectivity index is 2.16. The summed E-state index contributed by atoms with van der Waals surface area (Å²) in [4.78, 5) is 14.4. The minimum absolute atomic E-state index is 0.145. The Kier molecular flexibility index (Phi) is 3.48. The first-order valence-electron chi connectivity index (χ1n) is 6.25. The highest BCUT2D eigenvalue weighted by atomic mass is 16.2. The third-order valence-electron chi connectivity index (χ3n) is 3.17. The van der Waals surface area contributed by atoms with Crippen LogP contribution in [-0.2, 0) is 6.54 Å². The first-order chi connectivity index (χ1) is 8.13. The SMILES string of the molecule is CC(C)N(C(=O)c1ccc(CN)cc1)C1CC1. The van der Waals surface area contributed by atoms with E-state index < -0.39 is 0 Å². The van der Waals surface area contributed by atoms with E-state index in [1.165, 1.54) is 0 Å². The van der Waals surface area contributed by atoms with Crippen molar-refractivity contribution in [2.45, 2.75) is 45.3 Å². The minimum Gasteiger partial charge on any atom is -0.333 e. The molecule has 3 heteroatoms. The lowest BCUT2D eigenvalue weighted by Gasteiger charge is -2.26. The van der Waals surface area contributed by atoms with Crippen molar-refractivity contribution in [3.05, 3.63) is 35.4 Å². The first kappa shape index (κ1) is 12.1. The summed E-state index contributed by atoms with van der Waals surface area (Å²) >= 11 is 0. The third kappa shape index (κ3) is 2.67. The molecule has 0 saturated heterocycles. The molecule has 2 rings (SSSR count). The van der Waals surface area contributed by atoms with Crippen molar-refractivity contribution in [1.82, 2.24) is 4.90 Å². The van der Waals surface area contributed by atoms with Crippen molar-refractivity contribution in [1.29, 1.82) is 0 Å². The summed E-state index contributed by atoms with van der Waals surface area (Å²) in [7, 11) is 0. The predicted molar refractivity (Wildman–Crippen MR) is 68.7 cm³/mol. The topological polar surface area (TPSA) is 46.3 Å². The zero-order chi connectivity index (χ0) is 12.4. The molecule has 92 valence electrons. The normalized spacial score (nSPS) is 15.1. The van der Waals surface area contributed by atoms with Crippen molar-refractivity contribution in [2.24, 2.45) is 5.73 Å². The van der Waals surface area contributed by atoms with E-state index in [4.69, 9.17) is 5.73 Å². The number of rotatable bonds is 4. The molecule has 1 fully saturated rings. The Morgan fingerprint density at radius 3 is 2.35 bits per heavy atom. The fourth-order valence-corrected chi connectivity index (χ4v) is 2.11. The smallest absolute Gasteiger partial charge is 0.254 e. The van der Waals surface area contributed by atoms with Gasteiger partial charge >= 0.3 is 0 Å². The Labute approximate surface area is 103 Å². The monoisotopic (exact) mass is 232 g/mol. The zero-order valence-corrected chi connectivity index (χ0v) is 10.5. The molecule has 1 saturated carbocycles. The maximum atomic E-state index is 12.4. The van der Waals surface area contributed by atoms with Gasteiger partial charge in [0.1, 0.15) is 0 Å². The molecule has 0 bridgehead atoms. The van der Waals surface area contributed by atoms with Gasteiger partial charge in [0.15, 0.2) is 0 Å². The lowest BCUT2D eigenvalue weighted by atomic mass is 10.1. The van der Waals surface area contributed by atoms with Gasteiger partial charge in [-0.25, -0.2) is 0 Å². The summed E-state index contributed by atoms with van der Waals surface area (Å²) in [6, 6.07) is 8.34. The molecule has 1 aromatic carbocycles. The zero-order valence-electron chi connectivity index (χ0n) is 10.5. The highest BCUT2D eigenvalue weighted by Gasteiger charge is 2.34. The van der Waals surface area contributed by atoms with Crippen LogP contribution in [0.2, 0.25) is 0 Å². The van der Waals surface area contributed by atoms with E-state index in [-0.39, 0.29) is 11.9 Å². The van der Waals surface area contributed by atoms with Gasteiger partial charge in [-0.2, -0.15) is 0 Å². The van der Waals surface area contributed by atoms with E-state index in [0.717, 1.165) is 24.0 Å². The molecule has 2 N–H and O–H groups in total. The summed E-state index contributed by atoms with van der Waals surface area (Å²) in [5.41, 5.74) is 7.37. The second-order valence-electron chi connectivity index (χ2n) is 4.94. The molecule has 0 spiro atoms. The number of nitrogens with zero attached hydrogens (tertiary/aromatic N) is 1. The van der Waals surface area contributed by atoms with E-state index >= 15 is 0 Å². The number of hydrogen-bond acceptors (Lipinski definition) is 2. The van der Waals surface area contributed by atoms with Crippen LogP contribution in [0.25, 0.3) is 0 Å². The fraction of sp³-hybridized carbons (Fsp3) is 0.500. The highest BCUT2D eigenvalue weighted by molar-refractivity contribution is 5.94. The van der Waals surface area contributed by atoms with E-state index in [1.54, 1.807) is 0 Å². The highest BCUT2D eigenvalue weighted by Crippen LogP contribution is 2.30. The van der Waals surface area contributed by atoms with Crippen LogP contribution in [0, 0.1) is 0 Å². The quantitative estimate of drug-likeness (QED) is 0.864. The number of carbonyl (C=O) groups is 1. The Morgan fingerprint density at radius 2 is 1.94 bits per heavy atom. The van der Waals surface area contributed by atoms with Crippen molar-refractivity contribution in [3.8, 4) is 0 Å². The van der Waals surface area contributed by atoms with Crippen LogP contribution in [0.4, 0.5) is 0 Å². The second kappa shape index (κ2) is 4.88. The molecule has 0 radical (unpaired) electrons. The molecule has 3 nitrogen and oxygen atoms in total. The van der Waals surface area contributed by atoms with Crippen molar-refractivity contribution in [2.75, 3.05) is 0 Å². The standard InChI is InChI=1S/C14H20N2O/c1-10(2)16(13-7-8-13)14(17)12-5-3-11(9-15)4-6-12/h3-6,10,13H,7-9,15H2,1-2H3. The maximum absolute atomic E-state index is 12.4. The summed E-state index contributed by atoms with van der Waals surface area (Å²) in [5.74, 6) is 0.145. The fourth-order valence-electron chi connectivity index (χ4n) is 2.11. The molecular weight excluding hydrogens is 212 g/mol. The van der Waals surface area contributed by atoms with Crippen LogP contribution in [0.3, 0.4) is 0 Å². The van der Waals surface area contributed by atoms with E-state index in [1.807, 2.05) is 29.2 Å². The van der Waals surface area contributed by atoms with Gasteiger partial charge in [-0.15, -0.1) is 0 Å². The lowest BCUT2D eigenvalue weighted by Crippen LogP contribution is -2.38. The van der Waals surface area contributed by atoms with Crippen LogP contribution in [-0.4, -0.2) is 22.9 Å². The summed E-state index contributed by atoms with van der Waals surface area (Å²) in [6.07, 6.45) is 2.29. The molecule has 0 atom stereocenters. The molecule has 0 heterocycles. The number of amides is 1. The third-order valence-corrected chi connectivity index (χ3v) is 3.17. The molecule has 0 unspecified atom stereocenters. The minimum atomic E-state index is 0.145. The average molecular weight is 232 g/mol. The number of benzene rings is 1. The molecule has 0 aliphatic heterocycles. The molecule has 1 aromatic rings. The second-order valence-corrected chi connectivity index (χ2v) is 4.94. The number of nitrogens with two attached hydrogens (primary N) is 1. The lowest BCUT2D eigenvalue weighted by molar-refractivity contribution is 0.0690. The summed E-state index contributed by atoms with van der Waals surface area (Å²) in [6.45, 7) is 4.67. The van der Waals surface area contributed by atoms with Gasteiger partial charge in [0.25, 0.3) is 5.91 Å². The van der Waals surface area contributed by atoms with E-state index in [2.05, 4.69) is 13.8 Å². The van der Waals surface area contributed by atoms with Gasteiger partial charge in [-0.05, 0) is 44.4 Å². The first-order valence-corrected chi connectivity index (χ1v) is 6.25. The molecule has 1 amide bonds. The molecule has 1 aliphatic carbocycles. The largest absolute Gasteiger partial charge is 0.333 e. The van der Waals surface area contributed by atoms with Crippen molar-refractivity contribution in [3.63, 3.8) is 0 Å². The van der Waals surface area contributed by atoms with E-state index in [0.29, 0.717) is 12.6 Å². The molecule has 0 aromatic heterocycles. The number of hydrogen-bond donors (Lipinski definition) is 1. The van der Waals surface area contributed by atoms with Gasteiger partial charge in [-0.3, -0.25) is 4.79 Å². The molecule has 17 heavy (non-hydrogen) atoms. The van der Waals surface area contributed by atoms with Gasteiger partial charge < -0.3 is 10.6 Å².